The number of amides is 2. The Labute approximate surface area is 285 Å². The van der Waals surface area contributed by atoms with E-state index in [1.807, 2.05) is 54.0 Å². The van der Waals surface area contributed by atoms with Crippen LogP contribution in [-0.2, 0) is 11.3 Å². The molecule has 0 unspecified atom stereocenters. The van der Waals surface area contributed by atoms with Gasteiger partial charge in [-0.15, -0.1) is 37.2 Å². The number of carbonyl (C=O) groups excluding carboxylic acids is 2. The number of halogens is 3. The maximum absolute atomic E-state index is 13.7. The molecule has 0 saturated carbocycles. The smallest absolute Gasteiger partial charge is 0.257 e. The highest BCUT2D eigenvalue weighted by atomic mass is 35.5. The van der Waals surface area contributed by atoms with Crippen LogP contribution >= 0.6 is 37.2 Å². The first kappa shape index (κ1) is 36.6. The summed E-state index contributed by atoms with van der Waals surface area (Å²) in [5.41, 5.74) is 4.28. The number of carbonyl (C=O) groups is 2. The normalized spacial score (nSPS) is 20.7. The van der Waals surface area contributed by atoms with Gasteiger partial charge in [0.25, 0.3) is 5.91 Å². The zero-order chi connectivity index (χ0) is 29.3. The van der Waals surface area contributed by atoms with Crippen LogP contribution in [0.2, 0.25) is 0 Å². The summed E-state index contributed by atoms with van der Waals surface area (Å²) in [5, 5.41) is 0. The van der Waals surface area contributed by atoms with Gasteiger partial charge in [0.05, 0.1) is 29.5 Å². The lowest BCUT2D eigenvalue weighted by Crippen LogP contribution is -2.46. The molecule has 3 aliphatic rings. The lowest BCUT2D eigenvalue weighted by atomic mass is 9.76. The molecule has 3 saturated heterocycles. The van der Waals surface area contributed by atoms with Crippen LogP contribution in [0.4, 0.5) is 0 Å². The van der Waals surface area contributed by atoms with Crippen molar-refractivity contribution in [3.63, 3.8) is 0 Å². The summed E-state index contributed by atoms with van der Waals surface area (Å²) in [6.07, 6.45) is 4.26. The van der Waals surface area contributed by atoms with E-state index in [2.05, 4.69) is 39.1 Å². The predicted molar refractivity (Wildman–Crippen MR) is 183 cm³/mol. The Kier molecular flexibility index (Phi) is 12.7. The van der Waals surface area contributed by atoms with E-state index in [0.717, 1.165) is 68.1 Å². The van der Waals surface area contributed by atoms with Crippen molar-refractivity contribution < 1.29 is 14.3 Å². The van der Waals surface area contributed by atoms with Gasteiger partial charge >= 0.3 is 0 Å². The SMILES string of the molecule is COc1ccc(CN2CCC3(CCN(C[C@H]4CN(C(=O)c5c(C)ncnc5C)C[C@@H]4c4ccccc4)CC3)C2=O)cc1.Cl.Cl.Cl. The molecule has 1 spiro atoms. The molecule has 2 aromatic carbocycles. The Morgan fingerprint density at radius 2 is 1.51 bits per heavy atom. The van der Waals surface area contributed by atoms with Gasteiger partial charge < -0.3 is 19.4 Å². The van der Waals surface area contributed by atoms with Gasteiger partial charge in [0.2, 0.25) is 5.91 Å². The molecule has 8 nitrogen and oxygen atoms in total. The summed E-state index contributed by atoms with van der Waals surface area (Å²) in [7, 11) is 1.67. The number of likely N-dealkylation sites (tertiary alicyclic amines) is 3. The van der Waals surface area contributed by atoms with Crippen molar-refractivity contribution in [2.45, 2.75) is 45.6 Å². The van der Waals surface area contributed by atoms with E-state index in [0.29, 0.717) is 37.0 Å². The zero-order valence-corrected chi connectivity index (χ0v) is 28.6. The molecule has 0 N–H and O–H groups in total. The van der Waals surface area contributed by atoms with Gasteiger partial charge in [-0.2, -0.15) is 0 Å². The highest BCUT2D eigenvalue weighted by molar-refractivity contribution is 5.96. The van der Waals surface area contributed by atoms with Crippen LogP contribution in [-0.4, -0.2) is 82.9 Å². The fourth-order valence-electron chi connectivity index (χ4n) is 7.31. The molecular weight excluding hydrogens is 633 g/mol. The second-order valence-corrected chi connectivity index (χ2v) is 12.3. The van der Waals surface area contributed by atoms with Gasteiger partial charge in [-0.1, -0.05) is 42.5 Å². The summed E-state index contributed by atoms with van der Waals surface area (Å²) in [5.74, 6) is 1.76. The third kappa shape index (κ3) is 7.57. The fourth-order valence-corrected chi connectivity index (χ4v) is 7.31. The van der Waals surface area contributed by atoms with E-state index in [9.17, 15) is 9.59 Å². The zero-order valence-electron chi connectivity index (χ0n) is 26.2. The van der Waals surface area contributed by atoms with Gasteiger partial charge in [-0.05, 0) is 75.4 Å². The molecule has 3 aliphatic heterocycles. The van der Waals surface area contributed by atoms with E-state index >= 15 is 0 Å². The number of hydrogen-bond acceptors (Lipinski definition) is 6. The average Bonchev–Trinajstić information content (AvgIpc) is 3.56. The van der Waals surface area contributed by atoms with Crippen molar-refractivity contribution >= 4 is 49.0 Å². The summed E-state index contributed by atoms with van der Waals surface area (Å²) in [6, 6.07) is 18.6. The molecule has 244 valence electrons. The van der Waals surface area contributed by atoms with Crippen LogP contribution in [0.5, 0.6) is 5.75 Å². The van der Waals surface area contributed by atoms with Gasteiger partial charge in [0.15, 0.2) is 0 Å². The number of aryl methyl sites for hydroxylation is 2. The first-order valence-corrected chi connectivity index (χ1v) is 15.1. The maximum Gasteiger partial charge on any atom is 0.257 e. The summed E-state index contributed by atoms with van der Waals surface area (Å²) in [6.45, 7) is 9.41. The average molecular weight is 677 g/mol. The Bertz CT molecular complexity index is 1410. The van der Waals surface area contributed by atoms with Gasteiger partial charge in [0, 0.05) is 38.6 Å². The van der Waals surface area contributed by atoms with Crippen molar-refractivity contribution in [3.05, 3.63) is 89.0 Å². The van der Waals surface area contributed by atoms with Crippen molar-refractivity contribution in [2.75, 3.05) is 46.4 Å². The molecule has 45 heavy (non-hydrogen) atoms. The minimum absolute atomic E-state index is 0. The standard InChI is InChI=1S/C34H41N5O3.3ClH/c1-24-31(25(2)36-23-35-24)32(40)39-21-28(30(22-39)27-7-5-4-6-8-27)20-37-16-13-34(14-17-37)15-18-38(33(34)41)19-26-9-11-29(42-3)12-10-26;;;/h4-12,23,28,30H,13-22H2,1-3H3;3*1H/t28-,30+;;;/m0.../s1. The second-order valence-electron chi connectivity index (χ2n) is 12.3. The number of piperidine rings is 1. The van der Waals surface area contributed by atoms with Crippen molar-refractivity contribution in [3.8, 4) is 5.75 Å². The molecule has 11 heteroatoms. The molecule has 2 amide bonds. The molecule has 0 aliphatic carbocycles. The minimum Gasteiger partial charge on any atom is -0.497 e. The molecule has 1 aromatic heterocycles. The first-order chi connectivity index (χ1) is 20.4. The molecule has 4 heterocycles. The summed E-state index contributed by atoms with van der Waals surface area (Å²) < 4.78 is 5.28. The van der Waals surface area contributed by atoms with Gasteiger partial charge in [-0.3, -0.25) is 9.59 Å². The van der Waals surface area contributed by atoms with Crippen molar-refractivity contribution in [1.29, 1.82) is 0 Å². The van der Waals surface area contributed by atoms with Gasteiger partial charge in [0.1, 0.15) is 12.1 Å². The quantitative estimate of drug-likeness (QED) is 0.318. The van der Waals surface area contributed by atoms with E-state index in [4.69, 9.17) is 4.74 Å². The van der Waals surface area contributed by atoms with E-state index < -0.39 is 0 Å². The fraction of sp³-hybridized carbons (Fsp3) is 0.471. The molecule has 6 rings (SSSR count). The molecule has 2 atom stereocenters. The Balaban J connectivity index is 0.00000184. The summed E-state index contributed by atoms with van der Waals surface area (Å²) >= 11 is 0. The predicted octanol–water partition coefficient (Wildman–Crippen LogP) is 5.74. The first-order valence-electron chi connectivity index (χ1n) is 15.1. The Hall–Kier alpha value is -2.91. The van der Waals surface area contributed by atoms with Crippen LogP contribution in [0, 0.1) is 25.2 Å². The minimum atomic E-state index is -0.234. The summed E-state index contributed by atoms with van der Waals surface area (Å²) in [4.78, 5) is 42.5. The third-order valence-corrected chi connectivity index (χ3v) is 9.84. The lowest BCUT2D eigenvalue weighted by molar-refractivity contribution is -0.139. The highest BCUT2D eigenvalue weighted by Crippen LogP contribution is 2.43. The van der Waals surface area contributed by atoms with Gasteiger partial charge in [-0.25, -0.2) is 9.97 Å². The van der Waals surface area contributed by atoms with Crippen molar-refractivity contribution in [1.82, 2.24) is 24.7 Å². The number of rotatable bonds is 7. The number of hydrogen-bond donors (Lipinski definition) is 0. The van der Waals surface area contributed by atoms with Crippen LogP contribution in [0.15, 0.2) is 60.9 Å². The molecule has 3 aromatic rings. The second kappa shape index (κ2) is 15.6. The number of benzene rings is 2. The largest absolute Gasteiger partial charge is 0.497 e. The monoisotopic (exact) mass is 675 g/mol. The maximum atomic E-state index is 13.7. The lowest BCUT2D eigenvalue weighted by Gasteiger charge is -2.39. The molecule has 3 fully saturated rings. The number of methoxy groups -OCH3 is 1. The van der Waals surface area contributed by atoms with Crippen molar-refractivity contribution in [2.24, 2.45) is 11.3 Å². The van der Waals surface area contributed by atoms with Crippen LogP contribution in [0.1, 0.15) is 58.1 Å². The molecule has 0 bridgehead atoms. The third-order valence-electron chi connectivity index (χ3n) is 9.84. The topological polar surface area (TPSA) is 78.9 Å². The van der Waals surface area contributed by atoms with E-state index in [-0.39, 0.29) is 54.5 Å². The van der Waals surface area contributed by atoms with Crippen LogP contribution < -0.4 is 4.74 Å². The van der Waals surface area contributed by atoms with Crippen LogP contribution in [0.25, 0.3) is 0 Å². The van der Waals surface area contributed by atoms with E-state index in [1.54, 1.807) is 7.11 Å². The Morgan fingerprint density at radius 1 is 0.889 bits per heavy atom. The Morgan fingerprint density at radius 3 is 2.13 bits per heavy atom. The number of ether oxygens (including phenoxy) is 1. The highest BCUT2D eigenvalue weighted by Gasteiger charge is 2.48. The van der Waals surface area contributed by atoms with E-state index in [1.165, 1.54) is 11.9 Å². The number of aromatic nitrogens is 2. The van der Waals surface area contributed by atoms with Crippen LogP contribution in [0.3, 0.4) is 0 Å². The molecule has 0 radical (unpaired) electrons. The molecular formula is C34H44Cl3N5O3. The number of nitrogens with zero attached hydrogens (tertiary/aromatic N) is 5.